The Morgan fingerprint density at radius 2 is 2.10 bits per heavy atom. The lowest BCUT2D eigenvalue weighted by Crippen LogP contribution is -2.16. The first-order valence-corrected chi connectivity index (χ1v) is 6.58. The third-order valence-corrected chi connectivity index (χ3v) is 3.14. The van der Waals surface area contributed by atoms with Crippen LogP contribution >= 0.6 is 11.6 Å². The molecule has 2 rings (SSSR count). The van der Waals surface area contributed by atoms with Crippen molar-refractivity contribution in [3.8, 4) is 0 Å². The molecule has 3 N–H and O–H groups in total. The third kappa shape index (κ3) is 3.05. The Morgan fingerprint density at radius 1 is 1.35 bits per heavy atom. The van der Waals surface area contributed by atoms with Crippen molar-refractivity contribution in [1.29, 1.82) is 0 Å². The van der Waals surface area contributed by atoms with Gasteiger partial charge in [0.15, 0.2) is 0 Å². The fraction of sp³-hybridized carbons (Fsp3) is 0.214. The summed E-state index contributed by atoms with van der Waals surface area (Å²) in [6, 6.07) is 6.64. The number of benzene rings is 1. The molecule has 0 bridgehead atoms. The van der Waals surface area contributed by atoms with Crippen molar-refractivity contribution in [3.05, 3.63) is 46.2 Å². The fourth-order valence-electron chi connectivity index (χ4n) is 1.80. The summed E-state index contributed by atoms with van der Waals surface area (Å²) in [5, 5.41) is 11.2. The molecule has 5 nitrogen and oxygen atoms in total. The SMILES string of the molecule is CCc1nnc(C)cc1C(=O)Nc1cc(N)ccc1Cl. The predicted molar refractivity (Wildman–Crippen MR) is 80.0 cm³/mol. The van der Waals surface area contributed by atoms with Gasteiger partial charge in [-0.15, -0.1) is 0 Å². The zero-order chi connectivity index (χ0) is 14.7. The minimum absolute atomic E-state index is 0.271. The zero-order valence-electron chi connectivity index (χ0n) is 11.3. The quantitative estimate of drug-likeness (QED) is 0.852. The highest BCUT2D eigenvalue weighted by atomic mass is 35.5. The smallest absolute Gasteiger partial charge is 0.257 e. The van der Waals surface area contributed by atoms with Crippen LogP contribution in [-0.4, -0.2) is 16.1 Å². The van der Waals surface area contributed by atoms with Gasteiger partial charge < -0.3 is 11.1 Å². The minimum atomic E-state index is -0.271. The van der Waals surface area contributed by atoms with Gasteiger partial charge in [-0.25, -0.2) is 0 Å². The predicted octanol–water partition coefficient (Wildman–Crippen LogP) is 2.84. The Morgan fingerprint density at radius 3 is 2.80 bits per heavy atom. The second-order valence-corrected chi connectivity index (χ2v) is 4.80. The van der Waals surface area contributed by atoms with E-state index < -0.39 is 0 Å². The molecule has 6 heteroatoms. The summed E-state index contributed by atoms with van der Waals surface area (Å²) in [4.78, 5) is 12.3. The Bertz CT molecular complexity index is 658. The number of aryl methyl sites for hydroxylation is 2. The maximum Gasteiger partial charge on any atom is 0.257 e. The van der Waals surface area contributed by atoms with Gasteiger partial charge in [0.25, 0.3) is 5.91 Å². The largest absolute Gasteiger partial charge is 0.399 e. The average molecular weight is 291 g/mol. The molecule has 0 aliphatic rings. The number of nitrogen functional groups attached to an aromatic ring is 1. The Hall–Kier alpha value is -2.14. The highest BCUT2D eigenvalue weighted by Crippen LogP contribution is 2.25. The number of amides is 1. The molecule has 20 heavy (non-hydrogen) atoms. The van der Waals surface area contributed by atoms with Crippen LogP contribution in [0.4, 0.5) is 11.4 Å². The van der Waals surface area contributed by atoms with E-state index in [-0.39, 0.29) is 5.91 Å². The number of nitrogens with zero attached hydrogens (tertiary/aromatic N) is 2. The normalized spacial score (nSPS) is 10.3. The van der Waals surface area contributed by atoms with Gasteiger partial charge in [0, 0.05) is 5.69 Å². The first kappa shape index (κ1) is 14.3. The first-order chi connectivity index (χ1) is 9.51. The summed E-state index contributed by atoms with van der Waals surface area (Å²) >= 11 is 6.03. The molecular formula is C14H15ClN4O. The van der Waals surface area contributed by atoms with Gasteiger partial charge in [-0.2, -0.15) is 10.2 Å². The number of hydrogen-bond donors (Lipinski definition) is 2. The summed E-state index contributed by atoms with van der Waals surface area (Å²) in [6.45, 7) is 3.71. The lowest BCUT2D eigenvalue weighted by Gasteiger charge is -2.10. The van der Waals surface area contributed by atoms with E-state index in [0.717, 1.165) is 0 Å². The molecule has 1 heterocycles. The molecule has 2 aromatic rings. The summed E-state index contributed by atoms with van der Waals surface area (Å²) in [6.07, 6.45) is 0.626. The molecule has 0 aliphatic carbocycles. The molecule has 1 aromatic carbocycles. The monoisotopic (exact) mass is 290 g/mol. The summed E-state index contributed by atoms with van der Waals surface area (Å²) < 4.78 is 0. The maximum atomic E-state index is 12.3. The van der Waals surface area contributed by atoms with Gasteiger partial charge in [0.1, 0.15) is 0 Å². The van der Waals surface area contributed by atoms with Crippen LogP contribution < -0.4 is 11.1 Å². The summed E-state index contributed by atoms with van der Waals surface area (Å²) in [5.41, 5.74) is 8.53. The van der Waals surface area contributed by atoms with Crippen LogP contribution in [0.2, 0.25) is 5.02 Å². The highest BCUT2D eigenvalue weighted by Gasteiger charge is 2.14. The lowest BCUT2D eigenvalue weighted by atomic mass is 10.1. The van der Waals surface area contributed by atoms with E-state index in [9.17, 15) is 4.79 Å². The molecule has 1 amide bonds. The maximum absolute atomic E-state index is 12.3. The molecule has 0 fully saturated rings. The second kappa shape index (κ2) is 5.88. The Labute approximate surface area is 122 Å². The van der Waals surface area contributed by atoms with Crippen LogP contribution in [0.5, 0.6) is 0 Å². The van der Waals surface area contributed by atoms with Gasteiger partial charge in [-0.05, 0) is 37.6 Å². The molecule has 0 aliphatic heterocycles. The number of anilines is 2. The number of nitrogens with one attached hydrogen (secondary N) is 1. The van der Waals surface area contributed by atoms with Crippen molar-refractivity contribution in [2.75, 3.05) is 11.1 Å². The van der Waals surface area contributed by atoms with E-state index in [1.54, 1.807) is 31.2 Å². The van der Waals surface area contributed by atoms with E-state index in [1.165, 1.54) is 0 Å². The highest BCUT2D eigenvalue weighted by molar-refractivity contribution is 6.34. The van der Waals surface area contributed by atoms with Crippen LogP contribution in [0.15, 0.2) is 24.3 Å². The minimum Gasteiger partial charge on any atom is -0.399 e. The number of carbonyl (C=O) groups excluding carboxylic acids is 1. The van der Waals surface area contributed by atoms with Gasteiger partial charge in [-0.3, -0.25) is 4.79 Å². The lowest BCUT2D eigenvalue weighted by molar-refractivity contribution is 0.102. The van der Waals surface area contributed by atoms with Crippen LogP contribution in [-0.2, 0) is 6.42 Å². The van der Waals surface area contributed by atoms with Gasteiger partial charge in [0.2, 0.25) is 0 Å². The molecular weight excluding hydrogens is 276 g/mol. The number of hydrogen-bond acceptors (Lipinski definition) is 4. The van der Waals surface area contributed by atoms with E-state index in [0.29, 0.717) is 39.8 Å². The average Bonchev–Trinajstić information content (AvgIpc) is 2.42. The third-order valence-electron chi connectivity index (χ3n) is 2.81. The van der Waals surface area contributed by atoms with Crippen molar-refractivity contribution >= 4 is 28.9 Å². The topological polar surface area (TPSA) is 80.9 Å². The van der Waals surface area contributed by atoms with Crippen molar-refractivity contribution in [1.82, 2.24) is 10.2 Å². The van der Waals surface area contributed by atoms with E-state index in [2.05, 4.69) is 15.5 Å². The molecule has 0 atom stereocenters. The fourth-order valence-corrected chi connectivity index (χ4v) is 1.97. The molecule has 0 unspecified atom stereocenters. The molecule has 0 saturated carbocycles. The van der Waals surface area contributed by atoms with Crippen molar-refractivity contribution in [2.45, 2.75) is 20.3 Å². The van der Waals surface area contributed by atoms with Crippen molar-refractivity contribution < 1.29 is 4.79 Å². The molecule has 104 valence electrons. The van der Waals surface area contributed by atoms with Gasteiger partial charge in [0.05, 0.1) is 27.7 Å². The van der Waals surface area contributed by atoms with Crippen LogP contribution in [0.3, 0.4) is 0 Å². The number of carbonyl (C=O) groups is 1. The first-order valence-electron chi connectivity index (χ1n) is 6.21. The molecule has 0 radical (unpaired) electrons. The molecule has 1 aromatic heterocycles. The molecule has 0 spiro atoms. The number of rotatable bonds is 3. The summed E-state index contributed by atoms with van der Waals surface area (Å²) in [7, 11) is 0. The Kier molecular flexibility index (Phi) is 4.20. The van der Waals surface area contributed by atoms with Crippen LogP contribution in [0.1, 0.15) is 28.7 Å². The molecule has 0 saturated heterocycles. The van der Waals surface area contributed by atoms with E-state index >= 15 is 0 Å². The zero-order valence-corrected chi connectivity index (χ0v) is 12.0. The van der Waals surface area contributed by atoms with E-state index in [4.69, 9.17) is 17.3 Å². The number of halogens is 1. The van der Waals surface area contributed by atoms with Crippen LogP contribution in [0, 0.1) is 6.92 Å². The van der Waals surface area contributed by atoms with Crippen LogP contribution in [0.25, 0.3) is 0 Å². The van der Waals surface area contributed by atoms with Gasteiger partial charge >= 0.3 is 0 Å². The van der Waals surface area contributed by atoms with E-state index in [1.807, 2.05) is 6.92 Å². The second-order valence-electron chi connectivity index (χ2n) is 4.39. The number of aromatic nitrogens is 2. The summed E-state index contributed by atoms with van der Waals surface area (Å²) in [5.74, 6) is -0.271. The Balaban J connectivity index is 2.32. The van der Waals surface area contributed by atoms with Gasteiger partial charge in [-0.1, -0.05) is 18.5 Å². The van der Waals surface area contributed by atoms with Crippen molar-refractivity contribution in [3.63, 3.8) is 0 Å². The van der Waals surface area contributed by atoms with Crippen molar-refractivity contribution in [2.24, 2.45) is 0 Å². The number of nitrogens with two attached hydrogens (primary N) is 1. The standard InChI is InChI=1S/C14H15ClN4O/c1-3-12-10(6-8(2)18-19-12)14(20)17-13-7-9(16)4-5-11(13)15/h4-7H,3,16H2,1-2H3,(H,17,20).